The Labute approximate surface area is 269 Å². The van der Waals surface area contributed by atoms with Gasteiger partial charge in [-0.3, -0.25) is 14.4 Å². The topological polar surface area (TPSA) is 190 Å². The minimum Gasteiger partial charge on any atom is -0.495 e. The molecule has 45 heavy (non-hydrogen) atoms. The number of carbonyl (C=O) groups is 3. The van der Waals surface area contributed by atoms with E-state index in [1.54, 1.807) is 12.2 Å². The van der Waals surface area contributed by atoms with Crippen molar-refractivity contribution in [2.75, 3.05) is 0 Å². The van der Waals surface area contributed by atoms with Gasteiger partial charge in [0.1, 0.15) is 5.66 Å². The maximum atomic E-state index is 12.6. The van der Waals surface area contributed by atoms with Gasteiger partial charge in [-0.2, -0.15) is 12.6 Å². The quantitative estimate of drug-likeness (QED) is 0.153. The number of H-pyrrole nitrogens is 1. The predicted molar refractivity (Wildman–Crippen MR) is 176 cm³/mol. The Balaban J connectivity index is 1.77. The van der Waals surface area contributed by atoms with Crippen molar-refractivity contribution in [2.24, 2.45) is 23.5 Å². The fourth-order valence-electron chi connectivity index (χ4n) is 6.78. The number of carboxylic acid groups (broad SMARTS) is 2. The molecule has 4 heterocycles. The molecule has 1 fully saturated rings. The summed E-state index contributed by atoms with van der Waals surface area (Å²) in [6.07, 6.45) is 6.16. The molecule has 0 aromatic carbocycles. The van der Waals surface area contributed by atoms with Gasteiger partial charge in [0, 0.05) is 76.7 Å². The van der Waals surface area contributed by atoms with E-state index in [0.717, 1.165) is 33.5 Å². The fraction of sp³-hybridized carbons (Fsp3) is 0.485. The van der Waals surface area contributed by atoms with Crippen LogP contribution in [-0.2, 0) is 27.2 Å². The first kappa shape index (κ1) is 34.0. The number of hydrogen-bond donors (Lipinski definition) is 9. The van der Waals surface area contributed by atoms with Crippen molar-refractivity contribution in [2.45, 2.75) is 83.7 Å². The largest absolute Gasteiger partial charge is 0.495 e. The lowest BCUT2D eigenvalue weighted by molar-refractivity contribution is -0.138. The third-order valence-electron chi connectivity index (χ3n) is 9.54. The van der Waals surface area contributed by atoms with E-state index in [-0.39, 0.29) is 66.5 Å². The lowest BCUT2D eigenvalue weighted by Crippen LogP contribution is -2.49. The molecular formula is C33H45N5O6S. The minimum absolute atomic E-state index is 0.00710. The molecule has 0 spiro atoms. The highest BCUT2D eigenvalue weighted by Gasteiger charge is 2.42. The van der Waals surface area contributed by atoms with Gasteiger partial charge in [-0.05, 0) is 61.1 Å². The summed E-state index contributed by atoms with van der Waals surface area (Å²) in [7, 11) is 0. The van der Waals surface area contributed by atoms with Crippen LogP contribution in [-0.4, -0.2) is 55.1 Å². The minimum atomic E-state index is -1.22. The standard InChI is InChI=1S/C33H45N5O6S/c1-7-20-15(2)24(36-32(20)44)12-23-16(3)21(8-10-28(39)40)25(35-23)13-26-22(9-11-29(41)42)18(5)33(34,38-26)14-27-30(19(6)45)17(4)31(43)37-27/h7,13-15,17,19,24,30,35-36,38,44-45H,1,8-12,34H2,2-6H3,(H,37,43)(H,39,40)(H,41,42)/b26-13-,27-14-/t15?,17-,19?,24-,30+,33-/m1/s1. The predicted octanol–water partition coefficient (Wildman–Crippen LogP) is 3.81. The number of aliphatic hydroxyl groups is 1. The van der Waals surface area contributed by atoms with Crippen molar-refractivity contribution in [3.63, 3.8) is 0 Å². The van der Waals surface area contributed by atoms with Crippen LogP contribution in [0.1, 0.15) is 69.5 Å². The molecule has 0 saturated carbocycles. The van der Waals surface area contributed by atoms with E-state index in [9.17, 15) is 29.7 Å². The number of aliphatic carboxylic acids is 2. The number of thiol groups is 1. The van der Waals surface area contributed by atoms with E-state index in [1.165, 1.54) is 0 Å². The molecule has 0 radical (unpaired) electrons. The summed E-state index contributed by atoms with van der Waals surface area (Å²) >= 11 is 4.62. The van der Waals surface area contributed by atoms with E-state index in [2.05, 4.69) is 40.1 Å². The van der Waals surface area contributed by atoms with Gasteiger partial charge >= 0.3 is 11.9 Å². The Hall–Kier alpha value is -3.90. The molecule has 0 bridgehead atoms. The lowest BCUT2D eigenvalue weighted by atomic mass is 9.89. The molecule has 3 aliphatic rings. The van der Waals surface area contributed by atoms with Crippen molar-refractivity contribution >= 4 is 36.6 Å². The number of carbonyl (C=O) groups excluding carboxylic acids is 1. The number of amides is 1. The fourth-order valence-corrected chi connectivity index (χ4v) is 7.20. The van der Waals surface area contributed by atoms with Crippen LogP contribution in [0.5, 0.6) is 0 Å². The number of aromatic amines is 1. The summed E-state index contributed by atoms with van der Waals surface area (Å²) < 4.78 is 0. The average Bonchev–Trinajstić information content (AvgIpc) is 3.57. The third-order valence-corrected chi connectivity index (χ3v) is 9.86. The summed E-state index contributed by atoms with van der Waals surface area (Å²) in [5, 5.41) is 38.7. The molecule has 2 unspecified atom stereocenters. The Morgan fingerprint density at radius 1 is 1.13 bits per heavy atom. The zero-order valence-electron chi connectivity index (χ0n) is 26.5. The second-order valence-corrected chi connectivity index (χ2v) is 13.3. The number of rotatable bonds is 12. The van der Waals surface area contributed by atoms with E-state index in [4.69, 9.17) is 5.73 Å². The molecule has 1 aromatic rings. The SMILES string of the molecule is C=CC1=C(O)N[C@H](Cc2[nH]c(/C=C3\N[C@](N)(/C=C4\NC(=O)[C@H](C)[C@H]4C(C)S)C(C)=C3CCC(=O)O)c(CCC(=O)O)c2C)C1C. The van der Waals surface area contributed by atoms with Crippen LogP contribution in [0.25, 0.3) is 6.08 Å². The Kier molecular flexibility index (Phi) is 9.98. The summed E-state index contributed by atoms with van der Waals surface area (Å²) in [6.45, 7) is 13.4. The molecule has 12 heteroatoms. The number of allylic oxidation sites excluding steroid dienone is 3. The van der Waals surface area contributed by atoms with Gasteiger partial charge in [0.15, 0.2) is 5.88 Å². The summed E-state index contributed by atoms with van der Waals surface area (Å²) in [6, 6.07) is -0.101. The number of aromatic nitrogens is 1. The van der Waals surface area contributed by atoms with Gasteiger partial charge in [-0.1, -0.05) is 33.4 Å². The van der Waals surface area contributed by atoms with Crippen LogP contribution in [0.4, 0.5) is 0 Å². The molecule has 9 N–H and O–H groups in total. The molecule has 1 aromatic heterocycles. The van der Waals surface area contributed by atoms with Crippen LogP contribution >= 0.6 is 12.6 Å². The molecule has 1 saturated heterocycles. The van der Waals surface area contributed by atoms with E-state index < -0.39 is 17.6 Å². The second kappa shape index (κ2) is 13.2. The van der Waals surface area contributed by atoms with E-state index in [0.29, 0.717) is 23.5 Å². The van der Waals surface area contributed by atoms with Crippen molar-refractivity contribution < 1.29 is 29.7 Å². The van der Waals surface area contributed by atoms with Gasteiger partial charge in [0.05, 0.1) is 0 Å². The monoisotopic (exact) mass is 639 g/mol. The number of nitrogens with two attached hydrogens (primary N) is 1. The highest BCUT2D eigenvalue weighted by molar-refractivity contribution is 7.80. The molecule has 1 amide bonds. The molecule has 6 atom stereocenters. The second-order valence-electron chi connectivity index (χ2n) is 12.5. The van der Waals surface area contributed by atoms with Crippen LogP contribution in [0.3, 0.4) is 0 Å². The van der Waals surface area contributed by atoms with Crippen molar-refractivity contribution in [1.82, 2.24) is 20.9 Å². The van der Waals surface area contributed by atoms with Crippen molar-refractivity contribution in [3.8, 4) is 0 Å². The lowest BCUT2D eigenvalue weighted by Gasteiger charge is -2.27. The molecule has 244 valence electrons. The third kappa shape index (κ3) is 6.86. The first-order valence-corrected chi connectivity index (χ1v) is 15.8. The summed E-state index contributed by atoms with van der Waals surface area (Å²) in [4.78, 5) is 39.3. The normalized spacial score (nSPS) is 28.9. The summed E-state index contributed by atoms with van der Waals surface area (Å²) in [5.74, 6) is -2.32. The van der Waals surface area contributed by atoms with Gasteiger partial charge in [-0.15, -0.1) is 0 Å². The zero-order valence-corrected chi connectivity index (χ0v) is 27.3. The first-order valence-electron chi connectivity index (χ1n) is 15.2. The number of hydrogen-bond acceptors (Lipinski definition) is 8. The molecule has 11 nitrogen and oxygen atoms in total. The molecular weight excluding hydrogens is 594 g/mol. The van der Waals surface area contributed by atoms with Crippen LogP contribution in [0, 0.1) is 24.7 Å². The average molecular weight is 640 g/mol. The van der Waals surface area contributed by atoms with Gasteiger partial charge in [-0.25, -0.2) is 0 Å². The number of aliphatic hydroxyl groups excluding tert-OH is 1. The van der Waals surface area contributed by atoms with Crippen LogP contribution in [0.15, 0.2) is 52.7 Å². The van der Waals surface area contributed by atoms with Gasteiger partial charge in [0.2, 0.25) is 5.91 Å². The maximum absolute atomic E-state index is 12.6. The molecule has 3 aliphatic heterocycles. The number of carboxylic acids is 2. The Morgan fingerprint density at radius 2 is 1.78 bits per heavy atom. The van der Waals surface area contributed by atoms with E-state index >= 15 is 0 Å². The molecule has 4 rings (SSSR count). The highest BCUT2D eigenvalue weighted by atomic mass is 32.1. The van der Waals surface area contributed by atoms with E-state index in [1.807, 2.05) is 40.7 Å². The van der Waals surface area contributed by atoms with Gasteiger partial charge < -0.3 is 42.0 Å². The number of nitrogens with one attached hydrogen (secondary N) is 4. The molecule has 0 aliphatic carbocycles. The Bertz CT molecular complexity index is 1540. The zero-order chi connectivity index (χ0) is 33.4. The smallest absolute Gasteiger partial charge is 0.303 e. The highest BCUT2D eigenvalue weighted by Crippen LogP contribution is 2.39. The van der Waals surface area contributed by atoms with Crippen molar-refractivity contribution in [1.29, 1.82) is 0 Å². The summed E-state index contributed by atoms with van der Waals surface area (Å²) in [5.41, 5.74) is 12.6. The first-order chi connectivity index (χ1) is 21.1. The van der Waals surface area contributed by atoms with Gasteiger partial charge in [0.25, 0.3) is 0 Å². The van der Waals surface area contributed by atoms with Crippen molar-refractivity contribution in [3.05, 3.63) is 75.2 Å². The van der Waals surface area contributed by atoms with Crippen LogP contribution < -0.4 is 21.7 Å². The van der Waals surface area contributed by atoms with Crippen LogP contribution in [0.2, 0.25) is 0 Å². The Morgan fingerprint density at radius 3 is 2.36 bits per heavy atom. The maximum Gasteiger partial charge on any atom is 0.303 e.